The lowest BCUT2D eigenvalue weighted by Gasteiger charge is -2.31. The molecule has 1 aromatic heterocycles. The molecule has 0 saturated heterocycles. The van der Waals surface area contributed by atoms with Crippen LogP contribution in [0.4, 0.5) is 0 Å². The molecule has 0 spiro atoms. The number of Topliss-reactive ketones (excluding diaryl/α,β-unsaturated/α-hetero) is 1. The SMILES string of the molecule is C=CCNC(=O)C(=O)[C@H](CC)NC(=O)[C@H](CC1CCCCC1)NC(=O)[C@@H](NC(=O)[C@H](CC(C)C)NC(=O)c1cnccn1)[C@H](C)CC. The van der Waals surface area contributed by atoms with Crippen LogP contribution in [0.2, 0.25) is 0 Å². The van der Waals surface area contributed by atoms with Crippen LogP contribution < -0.4 is 26.6 Å². The van der Waals surface area contributed by atoms with Gasteiger partial charge in [-0.1, -0.05) is 79.2 Å². The van der Waals surface area contributed by atoms with Gasteiger partial charge < -0.3 is 26.6 Å². The summed E-state index contributed by atoms with van der Waals surface area (Å²) >= 11 is 0. The average Bonchev–Trinajstić information content (AvgIpc) is 3.07. The van der Waals surface area contributed by atoms with Crippen LogP contribution in [-0.2, 0) is 24.0 Å². The quantitative estimate of drug-likeness (QED) is 0.111. The van der Waals surface area contributed by atoms with Crippen molar-refractivity contribution in [2.24, 2.45) is 17.8 Å². The van der Waals surface area contributed by atoms with Crippen LogP contribution in [0.25, 0.3) is 0 Å². The molecule has 5 atom stereocenters. The fraction of sp³-hybridized carbons (Fsp3) is 0.647. The maximum absolute atomic E-state index is 13.9. The lowest BCUT2D eigenvalue weighted by Crippen LogP contribution is -2.60. The van der Waals surface area contributed by atoms with Gasteiger partial charge in [-0.05, 0) is 37.0 Å². The van der Waals surface area contributed by atoms with Crippen LogP contribution in [0.5, 0.6) is 0 Å². The van der Waals surface area contributed by atoms with Crippen LogP contribution in [0, 0.1) is 17.8 Å². The minimum atomic E-state index is -1.07. The molecule has 2 rings (SSSR count). The van der Waals surface area contributed by atoms with E-state index in [4.69, 9.17) is 0 Å². The number of hydrogen-bond acceptors (Lipinski definition) is 8. The molecular weight excluding hydrogens is 602 g/mol. The molecule has 1 aromatic rings. The topological polar surface area (TPSA) is 188 Å². The molecular formula is C34H53N7O6. The molecule has 1 aliphatic rings. The van der Waals surface area contributed by atoms with Crippen molar-refractivity contribution in [3.8, 4) is 0 Å². The predicted molar refractivity (Wildman–Crippen MR) is 178 cm³/mol. The van der Waals surface area contributed by atoms with Crippen LogP contribution >= 0.6 is 0 Å². The second kappa shape index (κ2) is 20.2. The van der Waals surface area contributed by atoms with Gasteiger partial charge in [0.1, 0.15) is 23.8 Å². The van der Waals surface area contributed by atoms with E-state index in [2.05, 4.69) is 43.1 Å². The molecule has 5 amide bonds. The Hall–Kier alpha value is -4.16. The second-order valence-electron chi connectivity index (χ2n) is 12.8. The van der Waals surface area contributed by atoms with Gasteiger partial charge in [0.05, 0.1) is 12.2 Å². The van der Waals surface area contributed by atoms with Crippen molar-refractivity contribution in [3.05, 3.63) is 36.9 Å². The normalized spacial score (nSPS) is 16.5. The Morgan fingerprint density at radius 3 is 2.09 bits per heavy atom. The molecule has 1 heterocycles. The summed E-state index contributed by atoms with van der Waals surface area (Å²) in [5.41, 5.74) is 0.0592. The molecule has 13 nitrogen and oxygen atoms in total. The number of nitrogens with zero attached hydrogens (tertiary/aromatic N) is 2. The molecule has 260 valence electrons. The number of carbonyl (C=O) groups excluding carboxylic acids is 6. The summed E-state index contributed by atoms with van der Waals surface area (Å²) in [7, 11) is 0. The smallest absolute Gasteiger partial charge is 0.289 e. The zero-order valence-electron chi connectivity index (χ0n) is 28.5. The lowest BCUT2D eigenvalue weighted by atomic mass is 9.84. The summed E-state index contributed by atoms with van der Waals surface area (Å²) in [6, 6.07) is -4.02. The largest absolute Gasteiger partial charge is 0.346 e. The third kappa shape index (κ3) is 12.9. The maximum Gasteiger partial charge on any atom is 0.289 e. The number of carbonyl (C=O) groups is 6. The molecule has 13 heteroatoms. The minimum absolute atomic E-state index is 0.0421. The molecule has 0 radical (unpaired) electrons. The van der Waals surface area contributed by atoms with E-state index in [1.54, 1.807) is 6.92 Å². The van der Waals surface area contributed by atoms with Crippen LogP contribution in [-0.4, -0.2) is 76.0 Å². The summed E-state index contributed by atoms with van der Waals surface area (Å²) in [6.07, 6.45) is 11.9. The number of amides is 5. The molecule has 1 fully saturated rings. The Labute approximate surface area is 278 Å². The van der Waals surface area contributed by atoms with Gasteiger partial charge in [-0.3, -0.25) is 33.8 Å². The van der Waals surface area contributed by atoms with Crippen LogP contribution in [0.15, 0.2) is 31.2 Å². The number of nitrogens with one attached hydrogen (secondary N) is 5. The summed E-state index contributed by atoms with van der Waals surface area (Å²) in [4.78, 5) is 87.0. The van der Waals surface area contributed by atoms with Crippen LogP contribution in [0.1, 0.15) is 103 Å². The zero-order chi connectivity index (χ0) is 34.9. The second-order valence-corrected chi connectivity index (χ2v) is 12.8. The van der Waals surface area contributed by atoms with Crippen molar-refractivity contribution >= 4 is 35.3 Å². The number of ketones is 1. The number of hydrogen-bond donors (Lipinski definition) is 5. The fourth-order valence-corrected chi connectivity index (χ4v) is 5.59. The van der Waals surface area contributed by atoms with E-state index >= 15 is 0 Å². The molecule has 5 N–H and O–H groups in total. The van der Waals surface area contributed by atoms with Gasteiger partial charge in [0.2, 0.25) is 23.5 Å². The van der Waals surface area contributed by atoms with E-state index < -0.39 is 59.5 Å². The van der Waals surface area contributed by atoms with E-state index in [9.17, 15) is 28.8 Å². The summed E-state index contributed by atoms with van der Waals surface area (Å²) in [5, 5.41) is 13.5. The zero-order valence-corrected chi connectivity index (χ0v) is 28.5. The van der Waals surface area contributed by atoms with Crippen molar-refractivity contribution in [2.75, 3.05) is 6.54 Å². The molecule has 47 heavy (non-hydrogen) atoms. The minimum Gasteiger partial charge on any atom is -0.346 e. The van der Waals surface area contributed by atoms with Gasteiger partial charge in [-0.25, -0.2) is 4.98 Å². The van der Waals surface area contributed by atoms with E-state index in [1.807, 2.05) is 27.7 Å². The number of rotatable bonds is 19. The first-order valence-corrected chi connectivity index (χ1v) is 16.8. The lowest BCUT2D eigenvalue weighted by molar-refractivity contribution is -0.140. The monoisotopic (exact) mass is 655 g/mol. The van der Waals surface area contributed by atoms with E-state index in [0.29, 0.717) is 19.3 Å². The first-order chi connectivity index (χ1) is 22.4. The first-order valence-electron chi connectivity index (χ1n) is 16.8. The third-order valence-electron chi connectivity index (χ3n) is 8.52. The van der Waals surface area contributed by atoms with Crippen molar-refractivity contribution in [3.63, 3.8) is 0 Å². The van der Waals surface area contributed by atoms with Crippen molar-refractivity contribution in [2.45, 2.75) is 117 Å². The Bertz CT molecular complexity index is 1220. The predicted octanol–water partition coefficient (Wildman–Crippen LogP) is 2.37. The summed E-state index contributed by atoms with van der Waals surface area (Å²) < 4.78 is 0. The highest BCUT2D eigenvalue weighted by Crippen LogP contribution is 2.27. The van der Waals surface area contributed by atoms with Gasteiger partial charge in [0, 0.05) is 18.9 Å². The van der Waals surface area contributed by atoms with Crippen molar-refractivity contribution in [1.29, 1.82) is 0 Å². The van der Waals surface area contributed by atoms with Crippen molar-refractivity contribution in [1.82, 2.24) is 36.6 Å². The highest BCUT2D eigenvalue weighted by molar-refractivity contribution is 6.38. The first kappa shape index (κ1) is 39.0. The van der Waals surface area contributed by atoms with Crippen molar-refractivity contribution < 1.29 is 28.8 Å². The van der Waals surface area contributed by atoms with Gasteiger partial charge in [0.25, 0.3) is 11.8 Å². The molecule has 0 aromatic carbocycles. The van der Waals surface area contributed by atoms with Gasteiger partial charge in [-0.2, -0.15) is 0 Å². The van der Waals surface area contributed by atoms with E-state index in [0.717, 1.165) is 32.1 Å². The molecule has 0 bridgehead atoms. The molecule has 0 unspecified atom stereocenters. The Kier molecular flexibility index (Phi) is 16.7. The Morgan fingerprint density at radius 1 is 0.851 bits per heavy atom. The van der Waals surface area contributed by atoms with Gasteiger partial charge in [0.15, 0.2) is 0 Å². The average molecular weight is 656 g/mol. The summed E-state index contributed by atoms with van der Waals surface area (Å²) in [6.45, 7) is 12.9. The van der Waals surface area contributed by atoms with Gasteiger partial charge >= 0.3 is 0 Å². The number of aromatic nitrogens is 2. The Balaban J connectivity index is 2.27. The molecule has 0 aliphatic heterocycles. The third-order valence-corrected chi connectivity index (χ3v) is 8.52. The van der Waals surface area contributed by atoms with Crippen LogP contribution in [0.3, 0.4) is 0 Å². The van der Waals surface area contributed by atoms with E-state index in [-0.39, 0.29) is 36.4 Å². The summed E-state index contributed by atoms with van der Waals surface area (Å²) in [5.74, 6) is -3.90. The highest BCUT2D eigenvalue weighted by Gasteiger charge is 2.35. The maximum atomic E-state index is 13.9. The fourth-order valence-electron chi connectivity index (χ4n) is 5.59. The molecule has 1 aliphatic carbocycles. The highest BCUT2D eigenvalue weighted by atomic mass is 16.2. The standard InChI is InChI=1S/C34H53N7O6/c1-7-15-37-34(47)29(42)24(9-3)38-30(43)26(19-23-13-11-10-12-14-23)40-33(46)28(22(6)8-2)41-31(44)25(18-21(4)5)39-32(45)27-20-35-16-17-36-27/h7,16-17,20-26,28H,1,8-15,18-19H2,2-6H3,(H,37,47)(H,38,43)(H,39,45)(H,40,46)(H,41,44)/t22-,24+,25+,26+,28+/m1/s1. The molecule has 1 saturated carbocycles. The van der Waals surface area contributed by atoms with Gasteiger partial charge in [-0.15, -0.1) is 6.58 Å². The van der Waals surface area contributed by atoms with E-state index in [1.165, 1.54) is 24.7 Å². The Morgan fingerprint density at radius 2 is 1.51 bits per heavy atom.